The fourth-order valence-electron chi connectivity index (χ4n) is 1.55. The molecule has 1 aliphatic rings. The maximum atomic E-state index is 4.49. The van der Waals surface area contributed by atoms with Crippen LogP contribution >= 0.6 is 0 Å². The Bertz CT molecular complexity index is 394. The lowest BCUT2D eigenvalue weighted by Gasteiger charge is -2.06. The van der Waals surface area contributed by atoms with Gasteiger partial charge in [0.1, 0.15) is 5.69 Å². The second-order valence-corrected chi connectivity index (χ2v) is 3.49. The number of aliphatic imine (C=N–C) groups is 1. The van der Waals surface area contributed by atoms with Crippen molar-refractivity contribution in [2.45, 2.75) is 19.8 Å². The molecule has 1 aromatic heterocycles. The Kier molecular flexibility index (Phi) is 3.12. The first-order valence-corrected chi connectivity index (χ1v) is 5.32. The van der Waals surface area contributed by atoms with Crippen molar-refractivity contribution in [2.75, 3.05) is 6.54 Å². The third kappa shape index (κ3) is 2.24. The van der Waals surface area contributed by atoms with Crippen LogP contribution < -0.4 is 5.32 Å². The fourth-order valence-corrected chi connectivity index (χ4v) is 1.55. The maximum absolute atomic E-state index is 4.49. The molecular weight excluding hydrogens is 186 g/mol. The third-order valence-electron chi connectivity index (χ3n) is 2.28. The number of hydrogen-bond acceptors (Lipinski definition) is 2. The zero-order valence-corrected chi connectivity index (χ0v) is 8.90. The van der Waals surface area contributed by atoms with Crippen LogP contribution in [0.3, 0.4) is 0 Å². The van der Waals surface area contributed by atoms with E-state index >= 15 is 0 Å². The molecule has 0 amide bonds. The Balaban J connectivity index is 2.37. The summed E-state index contributed by atoms with van der Waals surface area (Å²) in [5.74, 6) is 0.890. The molecule has 0 radical (unpaired) electrons. The molecule has 1 N–H and O–H groups in total. The van der Waals surface area contributed by atoms with E-state index in [0.717, 1.165) is 30.9 Å². The average molecular weight is 201 g/mol. The lowest BCUT2D eigenvalue weighted by Crippen LogP contribution is -2.20. The number of hydrogen-bond donors (Lipinski definition) is 1. The third-order valence-corrected chi connectivity index (χ3v) is 2.28. The van der Waals surface area contributed by atoms with Crippen LogP contribution in [0.15, 0.2) is 35.6 Å². The van der Waals surface area contributed by atoms with Crippen molar-refractivity contribution in [3.8, 4) is 0 Å². The van der Waals surface area contributed by atoms with Gasteiger partial charge >= 0.3 is 0 Å². The molecule has 0 atom stereocenters. The Labute approximate surface area is 90.0 Å². The first-order valence-electron chi connectivity index (χ1n) is 5.32. The highest BCUT2D eigenvalue weighted by Gasteiger charge is 2.10. The lowest BCUT2D eigenvalue weighted by atomic mass is 10.1. The smallest absolute Gasteiger partial charge is 0.151 e. The van der Waals surface area contributed by atoms with Gasteiger partial charge in [0.05, 0.1) is 0 Å². The Morgan fingerprint density at radius 1 is 1.53 bits per heavy atom. The summed E-state index contributed by atoms with van der Waals surface area (Å²) in [4.78, 5) is 8.88. The molecule has 3 heteroatoms. The van der Waals surface area contributed by atoms with E-state index in [9.17, 15) is 0 Å². The summed E-state index contributed by atoms with van der Waals surface area (Å²) in [6, 6.07) is 4.07. The molecular formula is C12H15N3. The molecule has 0 aliphatic carbocycles. The zero-order valence-electron chi connectivity index (χ0n) is 8.90. The van der Waals surface area contributed by atoms with Crippen molar-refractivity contribution < 1.29 is 0 Å². The number of amidine groups is 1. The topological polar surface area (TPSA) is 37.3 Å². The monoisotopic (exact) mass is 201 g/mol. The summed E-state index contributed by atoms with van der Waals surface area (Å²) in [6.45, 7) is 2.96. The Morgan fingerprint density at radius 2 is 2.47 bits per heavy atom. The lowest BCUT2D eigenvalue weighted by molar-refractivity contribution is 0.922. The van der Waals surface area contributed by atoms with Gasteiger partial charge in [0.2, 0.25) is 0 Å². The summed E-state index contributed by atoms with van der Waals surface area (Å²) < 4.78 is 0. The van der Waals surface area contributed by atoms with E-state index in [4.69, 9.17) is 0 Å². The van der Waals surface area contributed by atoms with Gasteiger partial charge in [-0.3, -0.25) is 9.98 Å². The Hall–Kier alpha value is -1.64. The molecule has 0 spiro atoms. The molecule has 0 saturated carbocycles. The molecule has 3 nitrogen and oxygen atoms in total. The van der Waals surface area contributed by atoms with Crippen LogP contribution in [-0.2, 0) is 6.42 Å². The molecule has 0 fully saturated rings. The zero-order chi connectivity index (χ0) is 10.5. The van der Waals surface area contributed by atoms with Crippen LogP contribution in [0.5, 0.6) is 0 Å². The minimum atomic E-state index is 0.839. The fraction of sp³-hybridized carbons (Fsp3) is 0.333. The van der Waals surface area contributed by atoms with Gasteiger partial charge in [-0.1, -0.05) is 19.1 Å². The first kappa shape index (κ1) is 9.90. The van der Waals surface area contributed by atoms with Crippen LogP contribution in [0.1, 0.15) is 24.6 Å². The van der Waals surface area contributed by atoms with Crippen LogP contribution in [0, 0.1) is 0 Å². The summed E-state index contributed by atoms with van der Waals surface area (Å²) in [5.41, 5.74) is 2.21. The van der Waals surface area contributed by atoms with Crippen molar-refractivity contribution >= 4 is 5.84 Å². The van der Waals surface area contributed by atoms with Crippen molar-refractivity contribution in [1.82, 2.24) is 10.3 Å². The maximum Gasteiger partial charge on any atom is 0.151 e. The highest BCUT2D eigenvalue weighted by molar-refractivity contribution is 5.99. The number of aromatic nitrogens is 1. The highest BCUT2D eigenvalue weighted by atomic mass is 15.0. The molecule has 2 heterocycles. The number of nitrogens with zero attached hydrogens (tertiary/aromatic N) is 2. The summed E-state index contributed by atoms with van der Waals surface area (Å²) in [7, 11) is 0. The van der Waals surface area contributed by atoms with Gasteiger partial charge in [0.25, 0.3) is 0 Å². The standard InChI is InChI=1S/C12H15N3/c1-2-7-14-12-11-10(5-3-8-13-11)6-4-9-15-12/h3-5,8-9H,2,6-7H2,1H3,(H,14,15). The second kappa shape index (κ2) is 4.73. The van der Waals surface area contributed by atoms with Crippen LogP contribution in [0.25, 0.3) is 0 Å². The summed E-state index contributed by atoms with van der Waals surface area (Å²) in [5, 5.41) is 3.18. The second-order valence-electron chi connectivity index (χ2n) is 3.49. The molecule has 15 heavy (non-hydrogen) atoms. The van der Waals surface area contributed by atoms with E-state index in [-0.39, 0.29) is 0 Å². The van der Waals surface area contributed by atoms with Gasteiger partial charge < -0.3 is 5.32 Å². The quantitative estimate of drug-likeness (QED) is 0.793. The molecule has 1 aliphatic heterocycles. The van der Waals surface area contributed by atoms with Crippen LogP contribution in [0.2, 0.25) is 0 Å². The van der Waals surface area contributed by atoms with Crippen molar-refractivity contribution in [3.63, 3.8) is 0 Å². The summed E-state index contributed by atoms with van der Waals surface area (Å²) >= 11 is 0. The van der Waals surface area contributed by atoms with Crippen molar-refractivity contribution in [2.24, 2.45) is 4.99 Å². The van der Waals surface area contributed by atoms with E-state index in [1.807, 2.05) is 18.5 Å². The van der Waals surface area contributed by atoms with E-state index in [2.05, 4.69) is 34.4 Å². The predicted molar refractivity (Wildman–Crippen MR) is 61.9 cm³/mol. The van der Waals surface area contributed by atoms with E-state index in [0.29, 0.717) is 0 Å². The number of fused-ring (bicyclic) bond motifs is 1. The van der Waals surface area contributed by atoms with Gasteiger partial charge in [-0.2, -0.15) is 0 Å². The van der Waals surface area contributed by atoms with Crippen molar-refractivity contribution in [3.05, 3.63) is 41.9 Å². The van der Waals surface area contributed by atoms with Gasteiger partial charge in [-0.05, 0) is 30.7 Å². The molecule has 0 bridgehead atoms. The highest BCUT2D eigenvalue weighted by Crippen LogP contribution is 2.10. The largest absolute Gasteiger partial charge is 0.345 e. The molecule has 0 aromatic carbocycles. The minimum absolute atomic E-state index is 0.839. The summed E-state index contributed by atoms with van der Waals surface area (Å²) in [6.07, 6.45) is 7.82. The minimum Gasteiger partial charge on any atom is -0.345 e. The first-order chi connectivity index (χ1) is 7.42. The predicted octanol–water partition coefficient (Wildman–Crippen LogP) is 1.90. The van der Waals surface area contributed by atoms with Gasteiger partial charge in [0.15, 0.2) is 5.84 Å². The van der Waals surface area contributed by atoms with Gasteiger partial charge in [-0.15, -0.1) is 0 Å². The molecule has 0 unspecified atom stereocenters. The number of allylic oxidation sites excluding steroid dienone is 1. The number of nitrogens with one attached hydrogen (secondary N) is 1. The SMILES string of the molecule is CCCN=C1NC=CCc2cccnc21. The van der Waals surface area contributed by atoms with Gasteiger partial charge in [0, 0.05) is 12.7 Å². The number of rotatable bonds is 2. The van der Waals surface area contributed by atoms with E-state index in [1.165, 1.54) is 5.56 Å². The molecule has 1 aromatic rings. The van der Waals surface area contributed by atoms with Crippen molar-refractivity contribution in [1.29, 1.82) is 0 Å². The normalized spacial score (nSPS) is 17.0. The van der Waals surface area contributed by atoms with E-state index in [1.54, 1.807) is 0 Å². The molecule has 78 valence electrons. The Morgan fingerprint density at radius 3 is 3.33 bits per heavy atom. The average Bonchev–Trinajstić information content (AvgIpc) is 2.49. The molecule has 0 saturated heterocycles. The van der Waals surface area contributed by atoms with Gasteiger partial charge in [-0.25, -0.2) is 0 Å². The van der Waals surface area contributed by atoms with Crippen LogP contribution in [-0.4, -0.2) is 17.4 Å². The van der Waals surface area contributed by atoms with E-state index < -0.39 is 0 Å². The number of pyridine rings is 1. The van der Waals surface area contributed by atoms with Crippen LogP contribution in [0.4, 0.5) is 0 Å². The molecule has 2 rings (SSSR count).